The Morgan fingerprint density at radius 1 is 0.966 bits per heavy atom. The summed E-state index contributed by atoms with van der Waals surface area (Å²) >= 11 is 0. The molecule has 7 rings (SSSR count). The highest BCUT2D eigenvalue weighted by molar-refractivity contribution is 6.09. The summed E-state index contributed by atoms with van der Waals surface area (Å²) < 4.78 is 24.6. The molecule has 2 aromatic heterocycles. The van der Waals surface area contributed by atoms with Crippen LogP contribution < -0.4 is 10.5 Å². The van der Waals surface area contributed by atoms with Crippen LogP contribution in [0.15, 0.2) is 85.4 Å². The van der Waals surface area contributed by atoms with Gasteiger partial charge in [-0.1, -0.05) is 58.6 Å². The molecule has 2 heterocycles. The summed E-state index contributed by atoms with van der Waals surface area (Å²) in [6.45, 7) is 15.2. The molecule has 0 amide bonds. The Balaban J connectivity index is 0.000000214. The predicted octanol–water partition coefficient (Wildman–Crippen LogP) is 10.9. The topological polar surface area (TPSA) is 115 Å². The molecule has 2 aromatic carbocycles. The van der Waals surface area contributed by atoms with E-state index in [0.717, 1.165) is 69.3 Å². The number of Topliss-reactive ketones (excluding diaryl/α,β-unsaturated/α-hetero) is 1. The smallest absolute Gasteiger partial charge is 0.338 e. The number of carbonyl (C=O) groups is 2. The molecular weight excluding hydrogens is 727 g/mol. The Labute approximate surface area is 345 Å². The van der Waals surface area contributed by atoms with Crippen LogP contribution in [-0.2, 0) is 21.3 Å². The van der Waals surface area contributed by atoms with E-state index in [-0.39, 0.29) is 17.3 Å². The number of ketones is 1. The van der Waals surface area contributed by atoms with E-state index in [1.807, 2.05) is 46.2 Å². The molecule has 0 saturated heterocycles. The summed E-state index contributed by atoms with van der Waals surface area (Å²) in [7, 11) is 3.42. The Kier molecular flexibility index (Phi) is 15.9. The average molecular weight is 792 g/mol. The molecule has 0 aliphatic heterocycles. The van der Waals surface area contributed by atoms with Crippen molar-refractivity contribution in [3.05, 3.63) is 102 Å². The second-order valence-electron chi connectivity index (χ2n) is 15.9. The first-order valence-electron chi connectivity index (χ1n) is 21.3. The Morgan fingerprint density at radius 3 is 2.36 bits per heavy atom. The maximum absolute atomic E-state index is 12.7. The Bertz CT molecular complexity index is 2080. The quantitative estimate of drug-likeness (QED) is 0.0392. The highest BCUT2D eigenvalue weighted by Crippen LogP contribution is 2.56. The number of allylic oxidation sites excluding steroid dienone is 4. The van der Waals surface area contributed by atoms with Gasteiger partial charge in [-0.15, -0.1) is 0 Å². The fourth-order valence-electron chi connectivity index (χ4n) is 8.13. The second-order valence-corrected chi connectivity index (χ2v) is 15.9. The predicted molar refractivity (Wildman–Crippen MR) is 235 cm³/mol. The van der Waals surface area contributed by atoms with Crippen LogP contribution in [0, 0.1) is 11.3 Å². The van der Waals surface area contributed by atoms with Gasteiger partial charge in [0.05, 0.1) is 37.0 Å². The molecule has 3 aliphatic carbocycles. The van der Waals surface area contributed by atoms with Gasteiger partial charge in [0.2, 0.25) is 0 Å². The van der Waals surface area contributed by atoms with Crippen molar-refractivity contribution < 1.29 is 28.5 Å². The fourth-order valence-corrected chi connectivity index (χ4v) is 8.13. The number of unbranched alkanes of at least 4 members (excludes halogenated alkanes) is 1. The Hall–Kier alpha value is -4.73. The van der Waals surface area contributed by atoms with E-state index in [4.69, 9.17) is 24.7 Å². The number of hydrogen-bond acceptors (Lipinski definition) is 8. The third-order valence-electron chi connectivity index (χ3n) is 11.9. The first kappa shape index (κ1) is 44.4. The standard InChI is InChI=1S/C24H35NO5.C23H24N2O.C2H6/c1-4-16(2)22(26)21-11-18(7-8-20(21)23(27)28-3)29-9-5-6-10-30-19-14-24(15-19)12-17(25)13-24;1-4-17(9-8-16(2)26-19-6-5-7-19)18-10-11-20-21-15-24-13-12-22(21)25(3)23(20)14-18;1-2/h7-8,11,16-17,19H,4-6,9-10,12-15,25H2,1-3H3;4,8-15,19H,2,5-7H2,1,3H3;1-2H3/b;9-8-,17-4+;. The molecule has 4 aromatic rings. The van der Waals surface area contributed by atoms with Gasteiger partial charge in [-0.2, -0.15) is 0 Å². The minimum absolute atomic E-state index is 0.0672. The number of methoxy groups -OCH3 is 1. The van der Waals surface area contributed by atoms with Crippen molar-refractivity contribution in [2.24, 2.45) is 24.1 Å². The third kappa shape index (κ3) is 10.7. The van der Waals surface area contributed by atoms with Gasteiger partial charge in [-0.05, 0) is 124 Å². The summed E-state index contributed by atoms with van der Waals surface area (Å²) in [5.74, 6) is 0.597. The summed E-state index contributed by atoms with van der Waals surface area (Å²) in [6, 6.07) is 14.1. The van der Waals surface area contributed by atoms with Crippen LogP contribution in [0.5, 0.6) is 5.75 Å². The van der Waals surface area contributed by atoms with Crippen LogP contribution in [0.25, 0.3) is 27.4 Å². The van der Waals surface area contributed by atoms with Crippen LogP contribution in [-0.4, -0.2) is 59.9 Å². The molecule has 312 valence electrons. The van der Waals surface area contributed by atoms with Gasteiger partial charge in [0, 0.05) is 59.9 Å². The van der Waals surface area contributed by atoms with Crippen molar-refractivity contribution in [1.82, 2.24) is 9.55 Å². The monoisotopic (exact) mass is 791 g/mol. The van der Waals surface area contributed by atoms with Gasteiger partial charge >= 0.3 is 5.97 Å². The highest BCUT2D eigenvalue weighted by atomic mass is 16.5. The van der Waals surface area contributed by atoms with Crippen LogP contribution in [0.4, 0.5) is 0 Å². The first-order chi connectivity index (χ1) is 28.0. The molecule has 1 atom stereocenters. The van der Waals surface area contributed by atoms with Crippen molar-refractivity contribution in [1.29, 1.82) is 0 Å². The summed E-state index contributed by atoms with van der Waals surface area (Å²) in [4.78, 5) is 29.0. The number of carbonyl (C=O) groups excluding carboxylic acids is 2. The number of aryl methyl sites for hydroxylation is 1. The van der Waals surface area contributed by atoms with Gasteiger partial charge in [-0.25, -0.2) is 4.79 Å². The van der Waals surface area contributed by atoms with Gasteiger partial charge in [0.1, 0.15) is 11.5 Å². The fraction of sp³-hybridized carbons (Fsp3) is 0.490. The molecule has 3 saturated carbocycles. The Morgan fingerprint density at radius 2 is 1.71 bits per heavy atom. The zero-order chi connectivity index (χ0) is 41.8. The molecule has 3 aliphatic rings. The minimum atomic E-state index is -0.507. The lowest BCUT2D eigenvalue weighted by molar-refractivity contribution is -0.124. The number of ether oxygens (including phenoxy) is 4. The van der Waals surface area contributed by atoms with Crippen molar-refractivity contribution in [2.75, 3.05) is 20.3 Å². The zero-order valence-corrected chi connectivity index (χ0v) is 35.9. The number of nitrogens with two attached hydrogens (primary N) is 1. The maximum atomic E-state index is 12.7. The first-order valence-corrected chi connectivity index (χ1v) is 21.3. The van der Waals surface area contributed by atoms with Gasteiger partial charge in [0.25, 0.3) is 0 Å². The van der Waals surface area contributed by atoms with E-state index in [1.54, 1.807) is 18.2 Å². The minimum Gasteiger partial charge on any atom is -0.494 e. The molecule has 0 bridgehead atoms. The average Bonchev–Trinajstić information content (AvgIpc) is 3.49. The molecule has 9 nitrogen and oxygen atoms in total. The van der Waals surface area contributed by atoms with E-state index >= 15 is 0 Å². The van der Waals surface area contributed by atoms with Crippen molar-refractivity contribution in [3.63, 3.8) is 0 Å². The van der Waals surface area contributed by atoms with E-state index in [0.29, 0.717) is 48.0 Å². The van der Waals surface area contributed by atoms with Crippen LogP contribution in [0.3, 0.4) is 0 Å². The van der Waals surface area contributed by atoms with Crippen LogP contribution in [0.1, 0.15) is 125 Å². The number of fused-ring (bicyclic) bond motifs is 3. The maximum Gasteiger partial charge on any atom is 0.338 e. The van der Waals surface area contributed by atoms with Crippen molar-refractivity contribution in [2.45, 2.75) is 117 Å². The largest absolute Gasteiger partial charge is 0.494 e. The van der Waals surface area contributed by atoms with E-state index in [2.05, 4.69) is 66.5 Å². The molecule has 0 radical (unpaired) electrons. The number of esters is 1. The van der Waals surface area contributed by atoms with E-state index < -0.39 is 5.97 Å². The highest BCUT2D eigenvalue weighted by Gasteiger charge is 2.52. The molecule has 1 spiro atoms. The number of hydrogen-bond donors (Lipinski definition) is 1. The molecule has 58 heavy (non-hydrogen) atoms. The molecule has 3 fully saturated rings. The van der Waals surface area contributed by atoms with Gasteiger partial charge in [0.15, 0.2) is 5.78 Å². The molecule has 9 heteroatoms. The van der Waals surface area contributed by atoms with Gasteiger partial charge in [-0.3, -0.25) is 9.78 Å². The number of pyridine rings is 1. The van der Waals surface area contributed by atoms with Crippen LogP contribution in [0.2, 0.25) is 0 Å². The SMILES string of the molecule is C=C(/C=C\C(=C/C)c1ccc2c3cnccc3n(C)c2c1)OC1CCC1.CC.CCC(C)C(=O)c1cc(OCCCCOC2CC3(CC(N)C3)C2)ccc1C(=O)OC. The second kappa shape index (κ2) is 20.8. The summed E-state index contributed by atoms with van der Waals surface area (Å²) in [5, 5.41) is 2.42. The number of benzene rings is 2. The van der Waals surface area contributed by atoms with Crippen molar-refractivity contribution in [3.8, 4) is 5.75 Å². The molecule has 1 unspecified atom stereocenters. The lowest BCUT2D eigenvalue weighted by Gasteiger charge is -2.56. The lowest BCUT2D eigenvalue weighted by Crippen LogP contribution is -2.55. The third-order valence-corrected chi connectivity index (χ3v) is 11.9. The number of rotatable bonds is 16. The normalized spacial score (nSPS) is 20.5. The molecular formula is C49H65N3O6. The van der Waals surface area contributed by atoms with Crippen molar-refractivity contribution >= 4 is 39.1 Å². The van der Waals surface area contributed by atoms with Crippen LogP contribution >= 0.6 is 0 Å². The molecule has 2 N–H and O–H groups in total. The van der Waals surface area contributed by atoms with Gasteiger partial charge < -0.3 is 29.2 Å². The number of nitrogens with zero attached hydrogens (tertiary/aromatic N) is 2. The lowest BCUT2D eigenvalue weighted by atomic mass is 9.53. The number of aromatic nitrogens is 2. The summed E-state index contributed by atoms with van der Waals surface area (Å²) in [6.07, 6.45) is 21.5. The van der Waals surface area contributed by atoms with E-state index in [1.165, 1.54) is 40.9 Å². The van der Waals surface area contributed by atoms with E-state index in [9.17, 15) is 9.59 Å². The summed E-state index contributed by atoms with van der Waals surface area (Å²) in [5.41, 5.74) is 11.8. The zero-order valence-electron chi connectivity index (χ0n) is 35.9.